The van der Waals surface area contributed by atoms with Gasteiger partial charge in [0.05, 0.1) is 18.7 Å². The van der Waals surface area contributed by atoms with Gasteiger partial charge >= 0.3 is 0 Å². The number of aromatic nitrogens is 3. The molecule has 0 bridgehead atoms. The second-order valence-corrected chi connectivity index (χ2v) is 5.57. The minimum atomic E-state index is 0.292. The van der Waals surface area contributed by atoms with Gasteiger partial charge < -0.3 is 14.2 Å². The lowest BCUT2D eigenvalue weighted by Crippen LogP contribution is -2.37. The van der Waals surface area contributed by atoms with E-state index in [1.54, 1.807) is 0 Å². The maximum Gasteiger partial charge on any atom is 0.224 e. The molecule has 0 N–H and O–H groups in total. The molecule has 108 valence electrons. The van der Waals surface area contributed by atoms with Crippen LogP contribution in [0.1, 0.15) is 0 Å². The minimum Gasteiger partial charge on any atom is -0.378 e. The van der Waals surface area contributed by atoms with Gasteiger partial charge in [-0.3, -0.25) is 0 Å². The monoisotopic (exact) mass is 302 g/mol. The van der Waals surface area contributed by atoms with Crippen molar-refractivity contribution in [2.75, 3.05) is 31.2 Å². The predicted octanol–water partition coefficient (Wildman–Crippen LogP) is 2.61. The van der Waals surface area contributed by atoms with Crippen molar-refractivity contribution >= 4 is 39.2 Å². The molecule has 1 aliphatic heterocycles. The zero-order chi connectivity index (χ0) is 14.4. The van der Waals surface area contributed by atoms with E-state index in [9.17, 15) is 0 Å². The summed E-state index contributed by atoms with van der Waals surface area (Å²) >= 11 is 6.16. The molecule has 0 unspecified atom stereocenters. The second-order valence-electron chi connectivity index (χ2n) is 5.24. The largest absolute Gasteiger partial charge is 0.378 e. The van der Waals surface area contributed by atoms with Gasteiger partial charge in [-0.05, 0) is 29.8 Å². The van der Waals surface area contributed by atoms with Crippen molar-refractivity contribution in [3.05, 3.63) is 29.7 Å². The third kappa shape index (κ3) is 2.04. The summed E-state index contributed by atoms with van der Waals surface area (Å²) in [6, 6.07) is 6.27. The van der Waals surface area contributed by atoms with Gasteiger partial charge in [-0.2, -0.15) is 4.98 Å². The van der Waals surface area contributed by atoms with Crippen molar-refractivity contribution in [2.45, 2.75) is 0 Å². The highest BCUT2D eigenvalue weighted by Crippen LogP contribution is 2.31. The van der Waals surface area contributed by atoms with E-state index in [1.807, 2.05) is 13.2 Å². The topological polar surface area (TPSA) is 43.2 Å². The Labute approximate surface area is 127 Å². The van der Waals surface area contributed by atoms with Crippen LogP contribution in [0, 0.1) is 0 Å². The normalized spacial score (nSPS) is 16.0. The van der Waals surface area contributed by atoms with Crippen molar-refractivity contribution in [3.8, 4) is 0 Å². The highest BCUT2D eigenvalue weighted by atomic mass is 35.5. The first-order chi connectivity index (χ1) is 10.2. The van der Waals surface area contributed by atoms with E-state index in [4.69, 9.17) is 16.3 Å². The second kappa shape index (κ2) is 4.86. The first kappa shape index (κ1) is 12.9. The van der Waals surface area contributed by atoms with Gasteiger partial charge in [0.15, 0.2) is 0 Å². The van der Waals surface area contributed by atoms with Crippen LogP contribution in [0.15, 0.2) is 24.4 Å². The standard InChI is InChI=1S/C15H15ClN4O/c1-19-5-4-10-12(19)3-2-11-13(10)17-15(16)18-14(11)20-6-8-21-9-7-20/h2-5H,6-9H2,1H3. The number of nitrogens with zero attached hydrogens (tertiary/aromatic N) is 4. The first-order valence-corrected chi connectivity index (χ1v) is 7.36. The van der Waals surface area contributed by atoms with Crippen molar-refractivity contribution in [1.82, 2.24) is 14.5 Å². The number of aryl methyl sites for hydroxylation is 1. The van der Waals surface area contributed by atoms with Crippen LogP contribution >= 0.6 is 11.6 Å². The zero-order valence-electron chi connectivity index (χ0n) is 11.7. The molecule has 1 saturated heterocycles. The molecule has 0 atom stereocenters. The summed E-state index contributed by atoms with van der Waals surface area (Å²) in [6.07, 6.45) is 2.04. The Morgan fingerprint density at radius 1 is 1.10 bits per heavy atom. The lowest BCUT2D eigenvalue weighted by molar-refractivity contribution is 0.122. The molecule has 0 radical (unpaired) electrons. The Kier molecular flexibility index (Phi) is 2.97. The fourth-order valence-corrected chi connectivity index (χ4v) is 3.08. The third-order valence-electron chi connectivity index (χ3n) is 3.99. The molecule has 0 spiro atoms. The highest BCUT2D eigenvalue weighted by Gasteiger charge is 2.18. The number of ether oxygens (including phenoxy) is 1. The minimum absolute atomic E-state index is 0.292. The molecule has 1 fully saturated rings. The van der Waals surface area contributed by atoms with E-state index in [2.05, 4.69) is 37.6 Å². The molecule has 6 heteroatoms. The summed E-state index contributed by atoms with van der Waals surface area (Å²) < 4.78 is 7.50. The lowest BCUT2D eigenvalue weighted by atomic mass is 10.1. The molecule has 5 nitrogen and oxygen atoms in total. The Hall–Kier alpha value is -1.85. The van der Waals surface area contributed by atoms with Crippen LogP contribution in [0.25, 0.3) is 21.8 Å². The lowest BCUT2D eigenvalue weighted by Gasteiger charge is -2.28. The van der Waals surface area contributed by atoms with Crippen LogP contribution in [0.3, 0.4) is 0 Å². The molecular weight excluding hydrogens is 288 g/mol. The molecule has 3 heterocycles. The van der Waals surface area contributed by atoms with E-state index < -0.39 is 0 Å². The van der Waals surface area contributed by atoms with E-state index in [0.717, 1.165) is 53.9 Å². The van der Waals surface area contributed by atoms with E-state index in [1.165, 1.54) is 0 Å². The van der Waals surface area contributed by atoms with Crippen molar-refractivity contribution in [3.63, 3.8) is 0 Å². The molecule has 0 aliphatic carbocycles. The van der Waals surface area contributed by atoms with Gasteiger partial charge in [0, 0.05) is 42.6 Å². The van der Waals surface area contributed by atoms with E-state index >= 15 is 0 Å². The summed E-state index contributed by atoms with van der Waals surface area (Å²) in [7, 11) is 2.03. The summed E-state index contributed by atoms with van der Waals surface area (Å²) in [6.45, 7) is 3.10. The average molecular weight is 303 g/mol. The van der Waals surface area contributed by atoms with Gasteiger partial charge in [-0.15, -0.1) is 0 Å². The summed E-state index contributed by atoms with van der Waals surface area (Å²) in [4.78, 5) is 11.1. The Bertz CT molecular complexity index is 823. The number of morpholine rings is 1. The summed E-state index contributed by atoms with van der Waals surface area (Å²) in [5, 5.41) is 2.44. The third-order valence-corrected chi connectivity index (χ3v) is 4.16. The molecule has 0 amide bonds. The van der Waals surface area contributed by atoms with Crippen LogP contribution in [0.2, 0.25) is 5.28 Å². The predicted molar refractivity (Wildman–Crippen MR) is 84.1 cm³/mol. The number of hydrogen-bond donors (Lipinski definition) is 0. The van der Waals surface area contributed by atoms with Gasteiger partial charge in [0.1, 0.15) is 5.82 Å². The smallest absolute Gasteiger partial charge is 0.224 e. The molecule has 1 aromatic carbocycles. The van der Waals surface area contributed by atoms with E-state index in [-0.39, 0.29) is 0 Å². The first-order valence-electron chi connectivity index (χ1n) is 6.98. The number of benzene rings is 1. The van der Waals surface area contributed by atoms with Gasteiger partial charge in [-0.25, -0.2) is 4.98 Å². The quantitative estimate of drug-likeness (QED) is 0.648. The maximum atomic E-state index is 6.16. The molecule has 4 rings (SSSR count). The number of hydrogen-bond acceptors (Lipinski definition) is 4. The van der Waals surface area contributed by atoms with Crippen molar-refractivity contribution in [2.24, 2.45) is 7.05 Å². The Morgan fingerprint density at radius 2 is 1.90 bits per heavy atom. The van der Waals surface area contributed by atoms with Gasteiger partial charge in [-0.1, -0.05) is 0 Å². The van der Waals surface area contributed by atoms with Gasteiger partial charge in [0.2, 0.25) is 5.28 Å². The molecule has 0 saturated carbocycles. The van der Waals surface area contributed by atoms with Crippen LogP contribution < -0.4 is 4.90 Å². The fourth-order valence-electron chi connectivity index (χ4n) is 2.92. The van der Waals surface area contributed by atoms with Crippen LogP contribution in [-0.4, -0.2) is 40.8 Å². The Balaban J connectivity index is 2.00. The van der Waals surface area contributed by atoms with Crippen LogP contribution in [-0.2, 0) is 11.8 Å². The number of fused-ring (bicyclic) bond motifs is 3. The van der Waals surface area contributed by atoms with E-state index in [0.29, 0.717) is 5.28 Å². The molecule has 21 heavy (non-hydrogen) atoms. The SMILES string of the molecule is Cn1ccc2c3nc(Cl)nc(N4CCOCC4)c3ccc21. The molecule has 3 aromatic rings. The average Bonchev–Trinajstić information content (AvgIpc) is 2.89. The number of anilines is 1. The molecule has 1 aliphatic rings. The highest BCUT2D eigenvalue weighted by molar-refractivity contribution is 6.29. The fraction of sp³-hybridized carbons (Fsp3) is 0.333. The summed E-state index contributed by atoms with van der Waals surface area (Å²) in [5.41, 5.74) is 2.06. The van der Waals surface area contributed by atoms with Crippen molar-refractivity contribution in [1.29, 1.82) is 0 Å². The maximum absolute atomic E-state index is 6.16. The zero-order valence-corrected chi connectivity index (χ0v) is 12.5. The number of rotatable bonds is 1. The molecule has 2 aromatic heterocycles. The van der Waals surface area contributed by atoms with Crippen LogP contribution in [0.5, 0.6) is 0 Å². The van der Waals surface area contributed by atoms with Crippen LogP contribution in [0.4, 0.5) is 5.82 Å². The van der Waals surface area contributed by atoms with Crippen molar-refractivity contribution < 1.29 is 4.74 Å². The Morgan fingerprint density at radius 3 is 2.71 bits per heavy atom. The number of halogens is 1. The summed E-state index contributed by atoms with van der Waals surface area (Å²) in [5.74, 6) is 0.902. The van der Waals surface area contributed by atoms with Gasteiger partial charge in [0.25, 0.3) is 0 Å². The molecular formula is C15H15ClN4O.